The van der Waals surface area contributed by atoms with Crippen LogP contribution in [0.25, 0.3) is 0 Å². The van der Waals surface area contributed by atoms with Crippen molar-refractivity contribution in [1.82, 2.24) is 10.2 Å². The van der Waals surface area contributed by atoms with Gasteiger partial charge < -0.3 is 21.1 Å². The molecule has 6 heteroatoms. The van der Waals surface area contributed by atoms with Gasteiger partial charge in [-0.15, -0.1) is 0 Å². The molecule has 0 saturated carbocycles. The van der Waals surface area contributed by atoms with Crippen molar-refractivity contribution >= 4 is 12.0 Å². The molecule has 0 radical (unpaired) electrons. The minimum absolute atomic E-state index is 0.00299. The maximum Gasteiger partial charge on any atom is 0.329 e. The summed E-state index contributed by atoms with van der Waals surface area (Å²) >= 11 is 0. The van der Waals surface area contributed by atoms with Crippen LogP contribution >= 0.6 is 0 Å². The third-order valence-electron chi connectivity index (χ3n) is 3.47. The molecule has 0 aromatic rings. The van der Waals surface area contributed by atoms with Crippen LogP contribution in [0.1, 0.15) is 33.1 Å². The molecule has 1 aliphatic rings. The zero-order chi connectivity index (χ0) is 13.1. The highest BCUT2D eigenvalue weighted by molar-refractivity contribution is 5.86. The van der Waals surface area contributed by atoms with Gasteiger partial charge >= 0.3 is 12.0 Å². The summed E-state index contributed by atoms with van der Waals surface area (Å²) < 4.78 is 0. The van der Waals surface area contributed by atoms with Crippen LogP contribution in [0.5, 0.6) is 0 Å². The van der Waals surface area contributed by atoms with Gasteiger partial charge in [0.15, 0.2) is 0 Å². The first kappa shape index (κ1) is 13.8. The van der Waals surface area contributed by atoms with Crippen molar-refractivity contribution in [3.8, 4) is 0 Å². The summed E-state index contributed by atoms with van der Waals surface area (Å²) in [6, 6.07) is -0.327. The fourth-order valence-electron chi connectivity index (χ4n) is 2.04. The second-order valence-electron chi connectivity index (χ2n) is 4.52. The molecule has 0 aromatic heterocycles. The SMILES string of the molecule is CCC(CC)(NC(=O)N1CCC(N)C1)C(=O)O. The van der Waals surface area contributed by atoms with Crippen molar-refractivity contribution in [2.24, 2.45) is 5.73 Å². The van der Waals surface area contributed by atoms with E-state index in [4.69, 9.17) is 5.73 Å². The lowest BCUT2D eigenvalue weighted by Crippen LogP contribution is -2.57. The monoisotopic (exact) mass is 243 g/mol. The predicted octanol–water partition coefficient (Wildman–Crippen LogP) is 0.372. The van der Waals surface area contributed by atoms with Crippen molar-refractivity contribution in [2.75, 3.05) is 13.1 Å². The molecule has 0 bridgehead atoms. The summed E-state index contributed by atoms with van der Waals surface area (Å²) in [7, 11) is 0. The first-order valence-electron chi connectivity index (χ1n) is 6.01. The minimum atomic E-state index is -1.16. The van der Waals surface area contributed by atoms with Gasteiger partial charge in [-0.05, 0) is 19.3 Å². The standard InChI is InChI=1S/C11H21N3O3/c1-3-11(4-2,9(15)16)13-10(17)14-6-5-8(12)7-14/h8H,3-7,12H2,1-2H3,(H,13,17)(H,15,16). The van der Waals surface area contributed by atoms with E-state index in [1.165, 1.54) is 0 Å². The average molecular weight is 243 g/mol. The molecule has 0 aliphatic carbocycles. The number of carbonyl (C=O) groups is 2. The zero-order valence-corrected chi connectivity index (χ0v) is 10.4. The Hall–Kier alpha value is -1.30. The number of nitrogens with one attached hydrogen (secondary N) is 1. The van der Waals surface area contributed by atoms with Crippen molar-refractivity contribution in [3.05, 3.63) is 0 Å². The van der Waals surface area contributed by atoms with E-state index in [0.29, 0.717) is 25.9 Å². The number of urea groups is 1. The van der Waals surface area contributed by atoms with Gasteiger partial charge in [0.05, 0.1) is 0 Å². The van der Waals surface area contributed by atoms with Crippen LogP contribution < -0.4 is 11.1 Å². The molecule has 1 saturated heterocycles. The van der Waals surface area contributed by atoms with E-state index in [1.807, 2.05) is 0 Å². The molecular formula is C11H21N3O3. The average Bonchev–Trinajstić information content (AvgIpc) is 2.72. The molecule has 98 valence electrons. The minimum Gasteiger partial charge on any atom is -0.480 e. The Morgan fingerprint density at radius 1 is 1.47 bits per heavy atom. The van der Waals surface area contributed by atoms with E-state index in [9.17, 15) is 14.7 Å². The van der Waals surface area contributed by atoms with Crippen LogP contribution in [0, 0.1) is 0 Å². The molecule has 1 unspecified atom stereocenters. The molecule has 0 spiro atoms. The Morgan fingerprint density at radius 2 is 2.06 bits per heavy atom. The van der Waals surface area contributed by atoms with E-state index in [2.05, 4.69) is 5.32 Å². The van der Waals surface area contributed by atoms with E-state index < -0.39 is 11.5 Å². The van der Waals surface area contributed by atoms with Crippen LogP contribution in [0.4, 0.5) is 4.79 Å². The van der Waals surface area contributed by atoms with Gasteiger partial charge in [0.2, 0.25) is 0 Å². The lowest BCUT2D eigenvalue weighted by Gasteiger charge is -2.30. The molecule has 0 aromatic carbocycles. The van der Waals surface area contributed by atoms with Crippen LogP contribution in [0.2, 0.25) is 0 Å². The number of hydrogen-bond donors (Lipinski definition) is 3. The van der Waals surface area contributed by atoms with Gasteiger partial charge in [-0.1, -0.05) is 13.8 Å². The highest BCUT2D eigenvalue weighted by atomic mass is 16.4. The molecule has 17 heavy (non-hydrogen) atoms. The number of nitrogens with two attached hydrogens (primary N) is 1. The van der Waals surface area contributed by atoms with Crippen LogP contribution in [-0.2, 0) is 4.79 Å². The van der Waals surface area contributed by atoms with Crippen molar-refractivity contribution in [3.63, 3.8) is 0 Å². The van der Waals surface area contributed by atoms with Gasteiger partial charge in [-0.2, -0.15) is 0 Å². The van der Waals surface area contributed by atoms with Gasteiger partial charge in [0.25, 0.3) is 0 Å². The fraction of sp³-hybridized carbons (Fsp3) is 0.818. The third kappa shape index (κ3) is 2.88. The summed E-state index contributed by atoms with van der Waals surface area (Å²) in [4.78, 5) is 24.7. The quantitative estimate of drug-likeness (QED) is 0.664. The topological polar surface area (TPSA) is 95.7 Å². The van der Waals surface area contributed by atoms with Crippen molar-refractivity contribution in [1.29, 1.82) is 0 Å². The first-order valence-corrected chi connectivity index (χ1v) is 6.01. The van der Waals surface area contributed by atoms with Gasteiger partial charge in [0.1, 0.15) is 5.54 Å². The molecule has 1 fully saturated rings. The summed E-state index contributed by atoms with van der Waals surface area (Å²) in [5, 5.41) is 11.8. The lowest BCUT2D eigenvalue weighted by atomic mass is 9.93. The van der Waals surface area contributed by atoms with Crippen LogP contribution in [0.3, 0.4) is 0 Å². The molecule has 2 amide bonds. The Morgan fingerprint density at radius 3 is 2.41 bits per heavy atom. The van der Waals surface area contributed by atoms with E-state index in [0.717, 1.165) is 6.42 Å². The van der Waals surface area contributed by atoms with E-state index in [1.54, 1.807) is 18.7 Å². The number of aliphatic carboxylic acids is 1. The maximum atomic E-state index is 11.9. The third-order valence-corrected chi connectivity index (χ3v) is 3.47. The van der Waals surface area contributed by atoms with Gasteiger partial charge in [0, 0.05) is 19.1 Å². The van der Waals surface area contributed by atoms with Crippen molar-refractivity contribution in [2.45, 2.75) is 44.7 Å². The Balaban J connectivity index is 2.68. The Bertz CT molecular complexity index is 302. The normalized spacial score (nSPS) is 20.4. The fourth-order valence-corrected chi connectivity index (χ4v) is 2.04. The molecule has 6 nitrogen and oxygen atoms in total. The second kappa shape index (κ2) is 5.35. The van der Waals surface area contributed by atoms with E-state index in [-0.39, 0.29) is 12.1 Å². The summed E-state index contributed by atoms with van der Waals surface area (Å²) in [6.45, 7) is 4.60. The molecule has 1 aliphatic heterocycles. The van der Waals surface area contributed by atoms with Crippen LogP contribution in [0.15, 0.2) is 0 Å². The molecule has 4 N–H and O–H groups in total. The highest BCUT2D eigenvalue weighted by Gasteiger charge is 2.38. The smallest absolute Gasteiger partial charge is 0.329 e. The maximum absolute atomic E-state index is 11.9. The number of amides is 2. The number of likely N-dealkylation sites (tertiary alicyclic amines) is 1. The number of carboxylic acids is 1. The number of carboxylic acid groups (broad SMARTS) is 1. The largest absolute Gasteiger partial charge is 0.480 e. The number of nitrogens with zero attached hydrogens (tertiary/aromatic N) is 1. The zero-order valence-electron chi connectivity index (χ0n) is 10.4. The lowest BCUT2D eigenvalue weighted by molar-refractivity contribution is -0.144. The number of carbonyl (C=O) groups excluding carboxylic acids is 1. The summed E-state index contributed by atoms with van der Waals surface area (Å²) in [5.74, 6) is -0.987. The Kier molecular flexibility index (Phi) is 4.34. The van der Waals surface area contributed by atoms with Crippen LogP contribution in [-0.4, -0.2) is 46.7 Å². The molecule has 1 rings (SSSR count). The predicted molar refractivity (Wildman–Crippen MR) is 63.6 cm³/mol. The number of rotatable bonds is 4. The molecule has 1 heterocycles. The molecule has 1 atom stereocenters. The van der Waals surface area contributed by atoms with Gasteiger partial charge in [-0.3, -0.25) is 0 Å². The first-order chi connectivity index (χ1) is 7.95. The summed E-state index contributed by atoms with van der Waals surface area (Å²) in [5.41, 5.74) is 4.55. The Labute approximate surface area is 101 Å². The van der Waals surface area contributed by atoms with Crippen molar-refractivity contribution < 1.29 is 14.7 Å². The molecular weight excluding hydrogens is 222 g/mol. The number of hydrogen-bond acceptors (Lipinski definition) is 3. The second-order valence-corrected chi connectivity index (χ2v) is 4.52. The summed E-state index contributed by atoms with van der Waals surface area (Å²) in [6.07, 6.45) is 1.50. The van der Waals surface area contributed by atoms with Gasteiger partial charge in [-0.25, -0.2) is 9.59 Å². The highest BCUT2D eigenvalue weighted by Crippen LogP contribution is 2.17. The van der Waals surface area contributed by atoms with E-state index >= 15 is 0 Å².